The van der Waals surface area contributed by atoms with E-state index in [0.29, 0.717) is 31.1 Å². The number of aromatic nitrogens is 1. The van der Waals surface area contributed by atoms with Crippen LogP contribution in [0.4, 0.5) is 4.39 Å². The standard InChI is InChI=1S/C29H32FN3O4.C7H7NO2/c30-22-17-27(28(35)32-23-6-2-1-3-7-23)29(31-18-22)37-25-8-4-5-20(16-25)26-10-9-24(34)15-21(26)19-33-11-13-36-14-12-33;8-7(10)5-2-1-3-6(9)4-5/h4-5,8-10,15-18,23,34H,1-3,6-7,11-14,19H2,(H,32,35);1-4,9H,(H2,8,10). The lowest BCUT2D eigenvalue weighted by Crippen LogP contribution is -2.36. The van der Waals surface area contributed by atoms with Crippen LogP contribution in [0.15, 0.2) is 79.0 Å². The van der Waals surface area contributed by atoms with Crippen molar-refractivity contribution >= 4 is 11.8 Å². The van der Waals surface area contributed by atoms with Crippen molar-refractivity contribution in [2.45, 2.75) is 44.7 Å². The van der Waals surface area contributed by atoms with Gasteiger partial charge in [0, 0.05) is 31.2 Å². The monoisotopic (exact) mass is 642 g/mol. The first-order valence-corrected chi connectivity index (χ1v) is 15.7. The highest BCUT2D eigenvalue weighted by Crippen LogP contribution is 2.33. The Morgan fingerprint density at radius 2 is 1.70 bits per heavy atom. The van der Waals surface area contributed by atoms with Crippen molar-refractivity contribution in [3.05, 3.63) is 102 Å². The highest BCUT2D eigenvalue weighted by molar-refractivity contribution is 5.96. The number of nitrogens with one attached hydrogen (secondary N) is 1. The summed E-state index contributed by atoms with van der Waals surface area (Å²) in [4.78, 5) is 29.8. The minimum Gasteiger partial charge on any atom is -0.508 e. The number of carbonyl (C=O) groups is 2. The molecule has 0 bridgehead atoms. The molecule has 2 fully saturated rings. The summed E-state index contributed by atoms with van der Waals surface area (Å²) >= 11 is 0. The first kappa shape index (κ1) is 33.4. The van der Waals surface area contributed by atoms with Gasteiger partial charge in [-0.3, -0.25) is 14.5 Å². The van der Waals surface area contributed by atoms with Gasteiger partial charge in [0.25, 0.3) is 5.91 Å². The number of morpholine rings is 1. The molecule has 11 heteroatoms. The molecule has 0 atom stereocenters. The molecule has 1 saturated heterocycles. The van der Waals surface area contributed by atoms with Gasteiger partial charge in [-0.05, 0) is 78.1 Å². The molecule has 5 N–H and O–H groups in total. The largest absolute Gasteiger partial charge is 0.508 e. The second-order valence-electron chi connectivity index (χ2n) is 11.6. The summed E-state index contributed by atoms with van der Waals surface area (Å²) < 4.78 is 25.5. The van der Waals surface area contributed by atoms with Crippen LogP contribution in [0.1, 0.15) is 58.4 Å². The van der Waals surface area contributed by atoms with Crippen LogP contribution in [-0.2, 0) is 11.3 Å². The second-order valence-corrected chi connectivity index (χ2v) is 11.6. The van der Waals surface area contributed by atoms with Crippen molar-refractivity contribution in [1.82, 2.24) is 15.2 Å². The van der Waals surface area contributed by atoms with Gasteiger partial charge in [0.05, 0.1) is 19.4 Å². The number of pyridine rings is 1. The van der Waals surface area contributed by atoms with Gasteiger partial charge in [-0.2, -0.15) is 0 Å². The third-order valence-corrected chi connectivity index (χ3v) is 8.08. The van der Waals surface area contributed by atoms with E-state index < -0.39 is 11.7 Å². The van der Waals surface area contributed by atoms with Crippen LogP contribution < -0.4 is 15.8 Å². The normalized spacial score (nSPS) is 15.3. The van der Waals surface area contributed by atoms with Gasteiger partial charge in [0.15, 0.2) is 0 Å². The van der Waals surface area contributed by atoms with Crippen LogP contribution in [-0.4, -0.2) is 64.3 Å². The Balaban J connectivity index is 0.000000371. The first-order valence-electron chi connectivity index (χ1n) is 15.7. The molecule has 2 aliphatic rings. The number of phenols is 2. The topological polar surface area (TPSA) is 147 Å². The maximum atomic E-state index is 14.0. The molecule has 1 saturated carbocycles. The molecule has 10 nitrogen and oxygen atoms in total. The summed E-state index contributed by atoms with van der Waals surface area (Å²) in [6.07, 6.45) is 6.23. The first-order chi connectivity index (χ1) is 22.7. The van der Waals surface area contributed by atoms with Gasteiger partial charge in [0.2, 0.25) is 11.8 Å². The number of rotatable bonds is 8. The summed E-state index contributed by atoms with van der Waals surface area (Å²) in [7, 11) is 0. The second kappa shape index (κ2) is 16.0. The predicted octanol–water partition coefficient (Wildman–Crippen LogP) is 5.77. The lowest BCUT2D eigenvalue weighted by molar-refractivity contribution is 0.0342. The van der Waals surface area contributed by atoms with E-state index >= 15 is 0 Å². The third-order valence-electron chi connectivity index (χ3n) is 8.08. The molecule has 0 unspecified atom stereocenters. The fraction of sp³-hybridized carbons (Fsp3) is 0.306. The van der Waals surface area contributed by atoms with Gasteiger partial charge in [-0.25, -0.2) is 9.37 Å². The number of nitrogens with two attached hydrogens (primary N) is 1. The fourth-order valence-electron chi connectivity index (χ4n) is 5.67. The van der Waals surface area contributed by atoms with Crippen LogP contribution in [0.3, 0.4) is 0 Å². The summed E-state index contributed by atoms with van der Waals surface area (Å²) in [5.74, 6) is -0.696. The number of aromatic hydroxyl groups is 2. The van der Waals surface area contributed by atoms with E-state index in [1.807, 2.05) is 24.3 Å². The Labute approximate surface area is 273 Å². The van der Waals surface area contributed by atoms with Crippen LogP contribution in [0.25, 0.3) is 11.1 Å². The van der Waals surface area contributed by atoms with E-state index in [1.54, 1.807) is 30.3 Å². The molecule has 6 rings (SSSR count). The summed E-state index contributed by atoms with van der Waals surface area (Å²) in [6.45, 7) is 3.74. The Morgan fingerprint density at radius 3 is 2.43 bits per heavy atom. The maximum Gasteiger partial charge on any atom is 0.257 e. The Morgan fingerprint density at radius 1 is 0.957 bits per heavy atom. The quantitative estimate of drug-likeness (QED) is 0.189. The zero-order chi connectivity index (χ0) is 33.2. The van der Waals surface area contributed by atoms with E-state index in [2.05, 4.69) is 15.2 Å². The zero-order valence-corrected chi connectivity index (χ0v) is 26.0. The molecule has 2 amide bonds. The third kappa shape index (κ3) is 9.50. The molecule has 1 aliphatic carbocycles. The van der Waals surface area contributed by atoms with Crippen molar-refractivity contribution < 1.29 is 33.7 Å². The van der Waals surface area contributed by atoms with E-state index in [1.165, 1.54) is 24.6 Å². The van der Waals surface area contributed by atoms with Crippen molar-refractivity contribution in [1.29, 1.82) is 0 Å². The minimum atomic E-state index is -0.591. The summed E-state index contributed by atoms with van der Waals surface area (Å²) in [6, 6.07) is 20.0. The van der Waals surface area contributed by atoms with E-state index in [9.17, 15) is 19.1 Å². The van der Waals surface area contributed by atoms with E-state index in [4.69, 9.17) is 20.3 Å². The molecule has 246 valence electrons. The molecule has 1 aromatic heterocycles. The van der Waals surface area contributed by atoms with Crippen molar-refractivity contribution in [2.24, 2.45) is 5.73 Å². The van der Waals surface area contributed by atoms with Gasteiger partial charge in [-0.1, -0.05) is 43.5 Å². The molecule has 0 radical (unpaired) electrons. The number of primary amides is 1. The van der Waals surface area contributed by atoms with Crippen molar-refractivity contribution in [2.75, 3.05) is 26.3 Å². The highest BCUT2D eigenvalue weighted by Gasteiger charge is 2.22. The van der Waals surface area contributed by atoms with Crippen LogP contribution in [0, 0.1) is 5.82 Å². The number of nitrogens with zero attached hydrogens (tertiary/aromatic N) is 2. The Hall–Kier alpha value is -5.00. The fourth-order valence-corrected chi connectivity index (χ4v) is 5.67. The van der Waals surface area contributed by atoms with Crippen LogP contribution >= 0.6 is 0 Å². The van der Waals surface area contributed by atoms with Gasteiger partial charge < -0.3 is 30.7 Å². The number of benzene rings is 3. The van der Waals surface area contributed by atoms with Crippen LogP contribution in [0.5, 0.6) is 23.1 Å². The molecule has 47 heavy (non-hydrogen) atoms. The Bertz CT molecular complexity index is 1690. The SMILES string of the molecule is NC(=O)c1cccc(O)c1.O=C(NC1CCCCC1)c1cc(F)cnc1Oc1cccc(-c2ccc(O)cc2CN2CCOCC2)c1. The lowest BCUT2D eigenvalue weighted by Gasteiger charge is -2.27. The molecule has 0 spiro atoms. The number of amides is 2. The average molecular weight is 643 g/mol. The predicted molar refractivity (Wildman–Crippen MR) is 175 cm³/mol. The van der Waals surface area contributed by atoms with Gasteiger partial charge in [-0.15, -0.1) is 0 Å². The molecule has 4 aromatic rings. The highest BCUT2D eigenvalue weighted by atomic mass is 19.1. The Kier molecular flexibility index (Phi) is 11.4. The van der Waals surface area contributed by atoms with E-state index in [0.717, 1.165) is 61.7 Å². The minimum absolute atomic E-state index is 0.0521. The smallest absolute Gasteiger partial charge is 0.257 e. The molecule has 3 aromatic carbocycles. The average Bonchev–Trinajstić information content (AvgIpc) is 3.07. The summed E-state index contributed by atoms with van der Waals surface area (Å²) in [5, 5.41) is 22.0. The number of hydrogen-bond donors (Lipinski definition) is 4. The van der Waals surface area contributed by atoms with Crippen molar-refractivity contribution in [3.8, 4) is 34.3 Å². The van der Waals surface area contributed by atoms with Gasteiger partial charge >= 0.3 is 0 Å². The number of hydrogen-bond acceptors (Lipinski definition) is 8. The summed E-state index contributed by atoms with van der Waals surface area (Å²) in [5.41, 5.74) is 8.19. The van der Waals surface area contributed by atoms with Crippen molar-refractivity contribution in [3.63, 3.8) is 0 Å². The lowest BCUT2D eigenvalue weighted by atomic mass is 9.95. The number of halogens is 1. The molecular formula is C36H39FN4O6. The molecule has 2 heterocycles. The maximum absolute atomic E-state index is 14.0. The number of carbonyl (C=O) groups excluding carboxylic acids is 2. The van der Waals surface area contributed by atoms with Crippen LogP contribution in [0.2, 0.25) is 0 Å². The molecule has 1 aliphatic heterocycles. The molecular weight excluding hydrogens is 603 g/mol. The number of phenolic OH excluding ortho intramolecular Hbond substituents is 2. The number of ether oxygens (including phenoxy) is 2. The van der Waals surface area contributed by atoms with Gasteiger partial charge in [0.1, 0.15) is 28.6 Å². The zero-order valence-electron chi connectivity index (χ0n) is 26.0. The van der Waals surface area contributed by atoms with E-state index in [-0.39, 0.29) is 34.9 Å².